The molecule has 4 aromatic rings. The van der Waals surface area contributed by atoms with Crippen LogP contribution in [0.15, 0.2) is 71.9 Å². The molecular weight excluding hydrogens is 384 g/mol. The summed E-state index contributed by atoms with van der Waals surface area (Å²) in [6, 6.07) is 12.6. The number of aromatic nitrogens is 2. The predicted molar refractivity (Wildman–Crippen MR) is 103 cm³/mol. The molecule has 4 rings (SSSR count). The summed E-state index contributed by atoms with van der Waals surface area (Å²) in [5.41, 5.74) is 3.71. The SMILES string of the molecule is Cc1cccn2cc(-c3ccc(NS(=O)(=O)c4cc(F)cc(F)c4)cc3)nc12. The Kier molecular flexibility index (Phi) is 4.35. The molecule has 2 heterocycles. The monoisotopic (exact) mass is 399 g/mol. The lowest BCUT2D eigenvalue weighted by Crippen LogP contribution is -2.13. The number of anilines is 1. The van der Waals surface area contributed by atoms with Crippen LogP contribution in [-0.2, 0) is 10.0 Å². The molecule has 0 aliphatic rings. The number of nitrogens with zero attached hydrogens (tertiary/aromatic N) is 2. The van der Waals surface area contributed by atoms with Gasteiger partial charge in [-0.05, 0) is 42.8 Å². The highest BCUT2D eigenvalue weighted by Crippen LogP contribution is 2.24. The Labute approximate surface area is 160 Å². The maximum Gasteiger partial charge on any atom is 0.262 e. The third-order valence-electron chi connectivity index (χ3n) is 4.26. The van der Waals surface area contributed by atoms with Crippen LogP contribution >= 0.6 is 0 Å². The van der Waals surface area contributed by atoms with Gasteiger partial charge in [0.05, 0.1) is 10.6 Å². The highest BCUT2D eigenvalue weighted by Gasteiger charge is 2.17. The lowest BCUT2D eigenvalue weighted by atomic mass is 10.1. The van der Waals surface area contributed by atoms with E-state index in [4.69, 9.17) is 0 Å². The van der Waals surface area contributed by atoms with Crippen LogP contribution in [0.4, 0.5) is 14.5 Å². The van der Waals surface area contributed by atoms with E-state index in [2.05, 4.69) is 9.71 Å². The van der Waals surface area contributed by atoms with E-state index in [1.165, 1.54) is 0 Å². The molecule has 2 aromatic carbocycles. The maximum absolute atomic E-state index is 13.3. The largest absolute Gasteiger partial charge is 0.306 e. The fourth-order valence-electron chi connectivity index (χ4n) is 2.90. The summed E-state index contributed by atoms with van der Waals surface area (Å²) in [5, 5.41) is 0. The fraction of sp³-hybridized carbons (Fsp3) is 0.0500. The Bertz CT molecular complexity index is 1260. The Morgan fingerprint density at radius 3 is 2.32 bits per heavy atom. The van der Waals surface area contributed by atoms with Crippen molar-refractivity contribution in [1.82, 2.24) is 9.38 Å². The van der Waals surface area contributed by atoms with Crippen molar-refractivity contribution in [3.63, 3.8) is 0 Å². The minimum atomic E-state index is -4.11. The van der Waals surface area contributed by atoms with Crippen molar-refractivity contribution in [2.75, 3.05) is 4.72 Å². The highest BCUT2D eigenvalue weighted by molar-refractivity contribution is 7.92. The number of hydrogen-bond donors (Lipinski definition) is 1. The second kappa shape index (κ2) is 6.72. The molecule has 0 saturated heterocycles. The number of rotatable bonds is 4. The standard InChI is InChI=1S/C20H15F2N3O2S/c1-13-3-2-8-25-12-19(23-20(13)25)14-4-6-17(7-5-14)24-28(26,27)18-10-15(21)9-16(22)11-18/h2-12,24H,1H3. The van der Waals surface area contributed by atoms with Gasteiger partial charge >= 0.3 is 0 Å². The molecule has 0 unspecified atom stereocenters. The van der Waals surface area contributed by atoms with Gasteiger partial charge in [0.25, 0.3) is 10.0 Å². The second-order valence-electron chi connectivity index (χ2n) is 6.34. The molecule has 2 aromatic heterocycles. The van der Waals surface area contributed by atoms with Crippen molar-refractivity contribution in [3.05, 3.63) is 84.2 Å². The molecule has 0 spiro atoms. The molecule has 0 aliphatic heterocycles. The molecule has 0 radical (unpaired) electrons. The summed E-state index contributed by atoms with van der Waals surface area (Å²) in [7, 11) is -4.11. The van der Waals surface area contributed by atoms with Gasteiger partial charge in [-0.1, -0.05) is 18.2 Å². The van der Waals surface area contributed by atoms with Crippen molar-refractivity contribution >= 4 is 21.4 Å². The Balaban J connectivity index is 1.61. The maximum atomic E-state index is 13.3. The van der Waals surface area contributed by atoms with E-state index < -0.39 is 26.6 Å². The summed E-state index contributed by atoms with van der Waals surface area (Å²) in [6.45, 7) is 1.97. The molecule has 142 valence electrons. The first kappa shape index (κ1) is 18.1. The highest BCUT2D eigenvalue weighted by atomic mass is 32.2. The van der Waals surface area contributed by atoms with Gasteiger partial charge < -0.3 is 4.40 Å². The number of aryl methyl sites for hydroxylation is 1. The molecular formula is C20H15F2N3O2S. The average Bonchev–Trinajstić information content (AvgIpc) is 3.07. The fourth-order valence-corrected chi connectivity index (χ4v) is 4.00. The van der Waals surface area contributed by atoms with Crippen molar-refractivity contribution in [2.24, 2.45) is 0 Å². The van der Waals surface area contributed by atoms with Crippen molar-refractivity contribution in [2.45, 2.75) is 11.8 Å². The molecule has 8 heteroatoms. The number of hydrogen-bond acceptors (Lipinski definition) is 3. The van der Waals surface area contributed by atoms with E-state index in [0.29, 0.717) is 6.07 Å². The van der Waals surface area contributed by atoms with Crippen LogP contribution in [0.5, 0.6) is 0 Å². The second-order valence-corrected chi connectivity index (χ2v) is 8.02. The topological polar surface area (TPSA) is 63.5 Å². The van der Waals surface area contributed by atoms with E-state index in [1.807, 2.05) is 35.9 Å². The van der Waals surface area contributed by atoms with Crippen LogP contribution in [0, 0.1) is 18.6 Å². The van der Waals surface area contributed by atoms with Crippen LogP contribution in [0.1, 0.15) is 5.56 Å². The first-order chi connectivity index (χ1) is 13.3. The minimum absolute atomic E-state index is 0.272. The van der Waals surface area contributed by atoms with Crippen LogP contribution < -0.4 is 4.72 Å². The number of fused-ring (bicyclic) bond motifs is 1. The summed E-state index contributed by atoms with van der Waals surface area (Å²) < 4.78 is 55.6. The summed E-state index contributed by atoms with van der Waals surface area (Å²) in [5.74, 6) is -1.92. The number of halogens is 2. The van der Waals surface area contributed by atoms with Gasteiger partial charge in [-0.2, -0.15) is 0 Å². The van der Waals surface area contributed by atoms with Gasteiger partial charge in [-0.25, -0.2) is 22.2 Å². The van der Waals surface area contributed by atoms with Crippen LogP contribution in [-0.4, -0.2) is 17.8 Å². The van der Waals surface area contributed by atoms with E-state index in [0.717, 1.165) is 34.6 Å². The number of pyridine rings is 1. The normalized spacial score (nSPS) is 11.7. The molecule has 0 amide bonds. The van der Waals surface area contributed by atoms with Crippen molar-refractivity contribution < 1.29 is 17.2 Å². The summed E-state index contributed by atoms with van der Waals surface area (Å²) in [4.78, 5) is 4.11. The Hall–Kier alpha value is -3.26. The zero-order chi connectivity index (χ0) is 19.9. The molecule has 5 nitrogen and oxygen atoms in total. The van der Waals surface area contributed by atoms with Gasteiger partial charge in [-0.15, -0.1) is 0 Å². The smallest absolute Gasteiger partial charge is 0.262 e. The predicted octanol–water partition coefficient (Wildman–Crippen LogP) is 4.39. The van der Waals surface area contributed by atoms with Gasteiger partial charge in [0, 0.05) is 29.7 Å². The third kappa shape index (κ3) is 3.46. The zero-order valence-corrected chi connectivity index (χ0v) is 15.5. The van der Waals surface area contributed by atoms with E-state index in [9.17, 15) is 17.2 Å². The average molecular weight is 399 g/mol. The third-order valence-corrected chi connectivity index (χ3v) is 5.62. The lowest BCUT2D eigenvalue weighted by molar-refractivity contribution is 0.568. The Morgan fingerprint density at radius 1 is 1.00 bits per heavy atom. The van der Waals surface area contributed by atoms with Crippen molar-refractivity contribution in [3.8, 4) is 11.3 Å². The molecule has 1 N–H and O–H groups in total. The molecule has 0 aliphatic carbocycles. The zero-order valence-electron chi connectivity index (χ0n) is 14.7. The quantitative estimate of drug-likeness (QED) is 0.554. The number of sulfonamides is 1. The van der Waals surface area contributed by atoms with Gasteiger partial charge in [-0.3, -0.25) is 4.72 Å². The minimum Gasteiger partial charge on any atom is -0.306 e. The number of imidazole rings is 1. The van der Waals surface area contributed by atoms with Crippen LogP contribution in [0.2, 0.25) is 0 Å². The van der Waals surface area contributed by atoms with Crippen LogP contribution in [0.3, 0.4) is 0 Å². The van der Waals surface area contributed by atoms with Gasteiger partial charge in [0.1, 0.15) is 17.3 Å². The Morgan fingerprint density at radius 2 is 1.68 bits per heavy atom. The molecule has 0 fully saturated rings. The summed E-state index contributed by atoms with van der Waals surface area (Å²) in [6.07, 6.45) is 3.79. The summed E-state index contributed by atoms with van der Waals surface area (Å²) >= 11 is 0. The van der Waals surface area contributed by atoms with Gasteiger partial charge in [0.2, 0.25) is 0 Å². The molecule has 0 atom stereocenters. The number of nitrogens with one attached hydrogen (secondary N) is 1. The van der Waals surface area contributed by atoms with E-state index >= 15 is 0 Å². The van der Waals surface area contributed by atoms with E-state index in [-0.39, 0.29) is 5.69 Å². The molecule has 0 bridgehead atoms. The molecule has 28 heavy (non-hydrogen) atoms. The first-order valence-corrected chi connectivity index (χ1v) is 9.84. The van der Waals surface area contributed by atoms with E-state index in [1.54, 1.807) is 24.3 Å². The molecule has 0 saturated carbocycles. The van der Waals surface area contributed by atoms with Crippen molar-refractivity contribution in [1.29, 1.82) is 0 Å². The van der Waals surface area contributed by atoms with Gasteiger partial charge in [0.15, 0.2) is 0 Å². The lowest BCUT2D eigenvalue weighted by Gasteiger charge is -2.09. The first-order valence-electron chi connectivity index (χ1n) is 8.35. The number of benzene rings is 2. The van der Waals surface area contributed by atoms with Crippen LogP contribution in [0.25, 0.3) is 16.9 Å².